The van der Waals surface area contributed by atoms with Gasteiger partial charge in [0.2, 0.25) is 0 Å². The summed E-state index contributed by atoms with van der Waals surface area (Å²) < 4.78 is 71.2. The van der Waals surface area contributed by atoms with Crippen molar-refractivity contribution in [3.63, 3.8) is 0 Å². The fourth-order valence-electron chi connectivity index (χ4n) is 3.08. The number of halogens is 3. The highest BCUT2D eigenvalue weighted by Gasteiger charge is 2.30. The minimum atomic E-state index is -4.60. The number of sulfonamides is 1. The Morgan fingerprint density at radius 3 is 2.39 bits per heavy atom. The molecule has 1 amide bonds. The molecule has 4 aromatic rings. The van der Waals surface area contributed by atoms with E-state index in [2.05, 4.69) is 15.0 Å². The third kappa shape index (κ3) is 4.98. The third-order valence-electron chi connectivity index (χ3n) is 4.62. The van der Waals surface area contributed by atoms with Gasteiger partial charge in [-0.05, 0) is 60.7 Å². The number of amides is 1. The van der Waals surface area contributed by atoms with Crippen LogP contribution in [-0.2, 0) is 16.2 Å². The molecule has 1 heterocycles. The molecule has 170 valence electrons. The lowest BCUT2D eigenvalue weighted by Gasteiger charge is -2.11. The van der Waals surface area contributed by atoms with Crippen molar-refractivity contribution in [2.45, 2.75) is 18.0 Å². The van der Waals surface area contributed by atoms with Crippen LogP contribution in [0.5, 0.6) is 0 Å². The Bertz CT molecular complexity index is 1450. The number of carbonyl (C=O) groups excluding carboxylic acids is 1. The number of fused-ring (bicyclic) bond motifs is 1. The van der Waals surface area contributed by atoms with E-state index in [0.29, 0.717) is 28.7 Å². The van der Waals surface area contributed by atoms with Gasteiger partial charge in [0.1, 0.15) is 5.52 Å². The fourth-order valence-corrected chi connectivity index (χ4v) is 4.13. The minimum Gasteiger partial charge on any atom is -0.441 e. The van der Waals surface area contributed by atoms with E-state index in [1.807, 2.05) is 0 Å². The number of aryl methyl sites for hydroxylation is 1. The smallest absolute Gasteiger partial charge is 0.416 e. The molecule has 7 nitrogen and oxygen atoms in total. The summed E-state index contributed by atoms with van der Waals surface area (Å²) in [6, 6.07) is 13.8. The maximum atomic E-state index is 12.9. The van der Waals surface area contributed by atoms with Gasteiger partial charge in [-0.3, -0.25) is 9.52 Å². The summed E-state index contributed by atoms with van der Waals surface area (Å²) in [4.78, 5) is 16.5. The second-order valence-electron chi connectivity index (χ2n) is 7.08. The first kappa shape index (κ1) is 22.3. The normalized spacial score (nSPS) is 12.0. The summed E-state index contributed by atoms with van der Waals surface area (Å²) in [5.74, 6) is 0.00775. The molecular weight excluding hydrogens is 459 g/mol. The van der Waals surface area contributed by atoms with E-state index >= 15 is 0 Å². The molecule has 3 aromatic carbocycles. The number of carbonyl (C=O) groups is 1. The van der Waals surface area contributed by atoms with Gasteiger partial charge in [0.05, 0.1) is 10.5 Å². The van der Waals surface area contributed by atoms with E-state index in [1.54, 1.807) is 25.1 Å². The molecule has 11 heteroatoms. The van der Waals surface area contributed by atoms with Crippen LogP contribution in [-0.4, -0.2) is 19.3 Å². The summed E-state index contributed by atoms with van der Waals surface area (Å²) in [6.07, 6.45) is -4.60. The Balaban J connectivity index is 1.49. The predicted octanol–water partition coefficient (Wildman–Crippen LogP) is 5.21. The van der Waals surface area contributed by atoms with Crippen LogP contribution in [0, 0.1) is 6.92 Å². The lowest BCUT2D eigenvalue weighted by molar-refractivity contribution is -0.137. The maximum absolute atomic E-state index is 12.9. The summed E-state index contributed by atoms with van der Waals surface area (Å²) in [6.45, 7) is 1.70. The average molecular weight is 475 g/mol. The van der Waals surface area contributed by atoms with Crippen molar-refractivity contribution in [3.8, 4) is 0 Å². The number of oxazole rings is 1. The highest BCUT2D eigenvalue weighted by Crippen LogP contribution is 2.31. The Kier molecular flexibility index (Phi) is 5.58. The van der Waals surface area contributed by atoms with E-state index in [1.165, 1.54) is 30.3 Å². The number of anilines is 2. The lowest BCUT2D eigenvalue weighted by atomic mass is 10.2. The first-order valence-electron chi connectivity index (χ1n) is 9.50. The standard InChI is InChI=1S/C22H16F3N3O4S/c1-13-26-19-12-16(7-10-20(19)32-13)27-21(29)14-5-8-18(9-6-14)33(30,31)28-17-4-2-3-15(11-17)22(23,24)25/h2-12,28H,1H3,(H,27,29). The zero-order valence-corrected chi connectivity index (χ0v) is 17.8. The van der Waals surface area contributed by atoms with Crippen molar-refractivity contribution in [1.82, 2.24) is 4.98 Å². The minimum absolute atomic E-state index is 0.185. The molecule has 0 aliphatic heterocycles. The summed E-state index contributed by atoms with van der Waals surface area (Å²) in [7, 11) is -4.17. The van der Waals surface area contributed by atoms with Gasteiger partial charge in [-0.15, -0.1) is 0 Å². The Hall–Kier alpha value is -3.86. The number of hydrogen-bond donors (Lipinski definition) is 2. The summed E-state index contributed by atoms with van der Waals surface area (Å²) in [5, 5.41) is 2.69. The van der Waals surface area contributed by atoms with Crippen LogP contribution in [0.15, 0.2) is 76.0 Å². The zero-order chi connectivity index (χ0) is 23.8. The van der Waals surface area contributed by atoms with Crippen LogP contribution in [0.4, 0.5) is 24.5 Å². The second-order valence-corrected chi connectivity index (χ2v) is 8.76. The highest BCUT2D eigenvalue weighted by atomic mass is 32.2. The van der Waals surface area contributed by atoms with Crippen LogP contribution in [0.25, 0.3) is 11.1 Å². The first-order valence-corrected chi connectivity index (χ1v) is 11.0. The van der Waals surface area contributed by atoms with Gasteiger partial charge >= 0.3 is 6.18 Å². The molecule has 0 bridgehead atoms. The Morgan fingerprint density at radius 1 is 0.970 bits per heavy atom. The molecule has 0 fully saturated rings. The maximum Gasteiger partial charge on any atom is 0.416 e. The number of nitrogens with one attached hydrogen (secondary N) is 2. The molecule has 33 heavy (non-hydrogen) atoms. The number of alkyl halides is 3. The van der Waals surface area contributed by atoms with E-state index in [-0.39, 0.29) is 16.1 Å². The molecule has 4 rings (SSSR count). The molecule has 0 aliphatic carbocycles. The third-order valence-corrected chi connectivity index (χ3v) is 6.02. The average Bonchev–Trinajstić information content (AvgIpc) is 3.12. The van der Waals surface area contributed by atoms with Crippen molar-refractivity contribution in [3.05, 3.63) is 83.7 Å². The van der Waals surface area contributed by atoms with Crippen LogP contribution in [0.1, 0.15) is 21.8 Å². The first-order chi connectivity index (χ1) is 15.5. The molecule has 0 radical (unpaired) electrons. The number of nitrogens with zero attached hydrogens (tertiary/aromatic N) is 1. The molecule has 0 spiro atoms. The van der Waals surface area contributed by atoms with Crippen LogP contribution >= 0.6 is 0 Å². The topological polar surface area (TPSA) is 101 Å². The quantitative estimate of drug-likeness (QED) is 0.413. The van der Waals surface area contributed by atoms with Gasteiger partial charge in [0.25, 0.3) is 15.9 Å². The molecule has 2 N–H and O–H groups in total. The van der Waals surface area contributed by atoms with Crippen LogP contribution in [0.3, 0.4) is 0 Å². The van der Waals surface area contributed by atoms with E-state index < -0.39 is 27.7 Å². The van der Waals surface area contributed by atoms with Gasteiger partial charge < -0.3 is 9.73 Å². The van der Waals surface area contributed by atoms with E-state index in [0.717, 1.165) is 12.1 Å². The monoisotopic (exact) mass is 475 g/mol. The lowest BCUT2D eigenvalue weighted by Crippen LogP contribution is -2.15. The van der Waals surface area contributed by atoms with E-state index in [4.69, 9.17) is 4.42 Å². The largest absolute Gasteiger partial charge is 0.441 e. The van der Waals surface area contributed by atoms with Crippen molar-refractivity contribution in [1.29, 1.82) is 0 Å². The number of benzene rings is 3. The van der Waals surface area contributed by atoms with Crippen LogP contribution < -0.4 is 10.0 Å². The van der Waals surface area contributed by atoms with Gasteiger partial charge in [0.15, 0.2) is 11.5 Å². The zero-order valence-electron chi connectivity index (χ0n) is 17.0. The van der Waals surface area contributed by atoms with Crippen molar-refractivity contribution in [2.75, 3.05) is 10.0 Å². The molecule has 0 saturated heterocycles. The second kappa shape index (κ2) is 8.24. The molecule has 0 unspecified atom stereocenters. The van der Waals surface area contributed by atoms with Gasteiger partial charge in [-0.1, -0.05) is 6.07 Å². The van der Waals surface area contributed by atoms with Crippen molar-refractivity contribution in [2.24, 2.45) is 0 Å². The van der Waals surface area contributed by atoms with Crippen molar-refractivity contribution >= 4 is 38.4 Å². The Labute approximate surface area is 186 Å². The van der Waals surface area contributed by atoms with E-state index in [9.17, 15) is 26.4 Å². The van der Waals surface area contributed by atoms with Gasteiger partial charge in [-0.2, -0.15) is 13.2 Å². The number of aromatic nitrogens is 1. The van der Waals surface area contributed by atoms with Crippen LogP contribution in [0.2, 0.25) is 0 Å². The molecule has 1 aromatic heterocycles. The molecule has 0 atom stereocenters. The SMILES string of the molecule is Cc1nc2cc(NC(=O)c3ccc(S(=O)(=O)Nc4cccc(C(F)(F)F)c4)cc3)ccc2o1. The van der Waals surface area contributed by atoms with Gasteiger partial charge in [-0.25, -0.2) is 13.4 Å². The molecule has 0 saturated carbocycles. The van der Waals surface area contributed by atoms with Crippen molar-refractivity contribution < 1.29 is 30.8 Å². The van der Waals surface area contributed by atoms with Gasteiger partial charge in [0, 0.05) is 23.9 Å². The summed E-state index contributed by atoms with van der Waals surface area (Å²) >= 11 is 0. The number of hydrogen-bond acceptors (Lipinski definition) is 5. The summed E-state index contributed by atoms with van der Waals surface area (Å²) in [5.41, 5.74) is 0.604. The molecule has 0 aliphatic rings. The predicted molar refractivity (Wildman–Crippen MR) is 115 cm³/mol. The highest BCUT2D eigenvalue weighted by molar-refractivity contribution is 7.92. The molecular formula is C22H16F3N3O4S. The Morgan fingerprint density at radius 2 is 1.70 bits per heavy atom. The fraction of sp³-hybridized carbons (Fsp3) is 0.0909. The number of rotatable bonds is 5.